The van der Waals surface area contributed by atoms with E-state index in [2.05, 4.69) is 19.9 Å². The van der Waals surface area contributed by atoms with Gasteiger partial charge in [0.15, 0.2) is 5.13 Å². The number of hydrogen-bond acceptors (Lipinski definition) is 6. The first kappa shape index (κ1) is 24.3. The van der Waals surface area contributed by atoms with Gasteiger partial charge in [0.25, 0.3) is 10.0 Å². The van der Waals surface area contributed by atoms with Gasteiger partial charge in [0.2, 0.25) is 0 Å². The average Bonchev–Trinajstić information content (AvgIpc) is 3.18. The van der Waals surface area contributed by atoms with Crippen LogP contribution in [0.2, 0.25) is 14.4 Å². The molecule has 3 aromatic rings. The summed E-state index contributed by atoms with van der Waals surface area (Å²) in [6.07, 6.45) is 4.75. The molecule has 12 heteroatoms. The van der Waals surface area contributed by atoms with E-state index in [1.807, 2.05) is 12.1 Å². The van der Waals surface area contributed by atoms with Crippen molar-refractivity contribution in [1.82, 2.24) is 4.98 Å². The van der Waals surface area contributed by atoms with Crippen molar-refractivity contribution in [3.05, 3.63) is 62.3 Å². The molecular formula is C21H20Cl3FN4O2S2. The highest BCUT2D eigenvalue weighted by molar-refractivity contribution is 7.93. The summed E-state index contributed by atoms with van der Waals surface area (Å²) < 4.78 is 42.5. The summed E-state index contributed by atoms with van der Waals surface area (Å²) in [6, 6.07) is 7.80. The van der Waals surface area contributed by atoms with E-state index < -0.39 is 20.7 Å². The largest absolute Gasteiger partial charge is 0.380 e. The molecule has 0 saturated carbocycles. The van der Waals surface area contributed by atoms with E-state index in [4.69, 9.17) is 34.8 Å². The highest BCUT2D eigenvalue weighted by Crippen LogP contribution is 2.33. The molecule has 0 unspecified atom stereocenters. The van der Waals surface area contributed by atoms with Crippen LogP contribution in [0.15, 0.2) is 41.4 Å². The molecule has 0 radical (unpaired) electrons. The minimum Gasteiger partial charge on any atom is -0.380 e. The molecule has 33 heavy (non-hydrogen) atoms. The zero-order valence-electron chi connectivity index (χ0n) is 17.2. The van der Waals surface area contributed by atoms with Gasteiger partial charge in [-0.05, 0) is 49.1 Å². The number of sulfonamides is 1. The second kappa shape index (κ2) is 10.2. The monoisotopic (exact) mass is 548 g/mol. The topological polar surface area (TPSA) is 74.3 Å². The molecule has 0 bridgehead atoms. The van der Waals surface area contributed by atoms with E-state index in [0.29, 0.717) is 15.9 Å². The molecule has 2 N–H and O–H groups in total. The summed E-state index contributed by atoms with van der Waals surface area (Å²) in [5.74, 6) is -0.940. The van der Waals surface area contributed by atoms with Crippen LogP contribution >= 0.6 is 46.1 Å². The Labute approximate surface area is 210 Å². The molecule has 6 nitrogen and oxygen atoms in total. The van der Waals surface area contributed by atoms with Gasteiger partial charge in [-0.3, -0.25) is 4.72 Å². The third-order valence-electron chi connectivity index (χ3n) is 5.22. The Morgan fingerprint density at radius 1 is 1.09 bits per heavy atom. The molecule has 0 aliphatic carbocycles. The highest BCUT2D eigenvalue weighted by atomic mass is 35.5. The smallest absolute Gasteiger partial charge is 0.266 e. The van der Waals surface area contributed by atoms with Crippen molar-refractivity contribution in [3.63, 3.8) is 0 Å². The van der Waals surface area contributed by atoms with Gasteiger partial charge in [-0.2, -0.15) is 0 Å². The summed E-state index contributed by atoms with van der Waals surface area (Å²) in [5.41, 5.74) is 2.29. The third kappa shape index (κ3) is 5.84. The number of rotatable bonds is 7. The van der Waals surface area contributed by atoms with Crippen LogP contribution in [0.3, 0.4) is 0 Å². The van der Waals surface area contributed by atoms with Gasteiger partial charge in [0, 0.05) is 30.3 Å². The van der Waals surface area contributed by atoms with Crippen molar-refractivity contribution >= 4 is 72.7 Å². The van der Waals surface area contributed by atoms with Crippen molar-refractivity contribution < 1.29 is 12.8 Å². The minimum atomic E-state index is -4.23. The minimum absolute atomic E-state index is 0.0331. The van der Waals surface area contributed by atoms with E-state index in [0.717, 1.165) is 60.7 Å². The molecule has 1 aromatic heterocycles. The Bertz CT molecular complexity index is 1260. The van der Waals surface area contributed by atoms with Gasteiger partial charge in [-0.15, -0.1) is 0 Å². The maximum atomic E-state index is 14.8. The molecule has 1 aliphatic rings. The van der Waals surface area contributed by atoms with E-state index >= 15 is 0 Å². The number of hydrogen-bond donors (Lipinski definition) is 2. The predicted molar refractivity (Wildman–Crippen MR) is 134 cm³/mol. The lowest BCUT2D eigenvalue weighted by Crippen LogP contribution is -2.30. The number of aromatic nitrogens is 1. The number of benzene rings is 2. The first-order chi connectivity index (χ1) is 15.7. The van der Waals surface area contributed by atoms with Gasteiger partial charge >= 0.3 is 0 Å². The van der Waals surface area contributed by atoms with E-state index in [1.165, 1.54) is 12.6 Å². The van der Waals surface area contributed by atoms with Crippen molar-refractivity contribution in [2.75, 3.05) is 28.0 Å². The normalized spacial score (nSPS) is 14.4. The first-order valence-corrected chi connectivity index (χ1v) is 13.6. The average molecular weight is 550 g/mol. The fourth-order valence-electron chi connectivity index (χ4n) is 3.65. The van der Waals surface area contributed by atoms with Gasteiger partial charge in [-0.1, -0.05) is 52.2 Å². The number of halogens is 4. The molecule has 2 aromatic carbocycles. The molecule has 1 fully saturated rings. The van der Waals surface area contributed by atoms with Crippen LogP contribution in [0, 0.1) is 5.82 Å². The van der Waals surface area contributed by atoms with Gasteiger partial charge in [-0.25, -0.2) is 17.8 Å². The van der Waals surface area contributed by atoms with Crippen LogP contribution < -0.4 is 14.9 Å². The third-order valence-corrected chi connectivity index (χ3v) is 8.28. The molecule has 0 atom stereocenters. The molecule has 1 saturated heterocycles. The van der Waals surface area contributed by atoms with Crippen LogP contribution in [0.1, 0.15) is 24.8 Å². The molecular weight excluding hydrogens is 530 g/mol. The van der Waals surface area contributed by atoms with Gasteiger partial charge < -0.3 is 10.2 Å². The van der Waals surface area contributed by atoms with Crippen molar-refractivity contribution in [2.24, 2.45) is 0 Å². The number of anilines is 3. The Kier molecular flexibility index (Phi) is 7.55. The fourth-order valence-corrected chi connectivity index (χ4v) is 6.25. The number of piperidine rings is 1. The molecule has 2 heterocycles. The second-order valence-electron chi connectivity index (χ2n) is 7.51. The molecule has 1 aliphatic heterocycles. The van der Waals surface area contributed by atoms with Crippen LogP contribution in [-0.4, -0.2) is 26.5 Å². The lowest BCUT2D eigenvalue weighted by atomic mass is 10.1. The van der Waals surface area contributed by atoms with Crippen molar-refractivity contribution in [3.8, 4) is 0 Å². The molecule has 176 valence electrons. The number of thiazole rings is 1. The van der Waals surface area contributed by atoms with Crippen LogP contribution in [-0.2, 0) is 16.6 Å². The van der Waals surface area contributed by atoms with Gasteiger partial charge in [0.1, 0.15) is 15.0 Å². The lowest BCUT2D eigenvalue weighted by Gasteiger charge is -2.31. The van der Waals surface area contributed by atoms with Crippen molar-refractivity contribution in [1.29, 1.82) is 0 Å². The maximum absolute atomic E-state index is 14.8. The lowest BCUT2D eigenvalue weighted by molar-refractivity contribution is 0.570. The summed E-state index contributed by atoms with van der Waals surface area (Å²) in [7, 11) is -4.23. The highest BCUT2D eigenvalue weighted by Gasteiger charge is 2.23. The van der Waals surface area contributed by atoms with E-state index in [1.54, 1.807) is 6.07 Å². The summed E-state index contributed by atoms with van der Waals surface area (Å²) >= 11 is 19.2. The zero-order valence-corrected chi connectivity index (χ0v) is 21.1. The maximum Gasteiger partial charge on any atom is 0.266 e. The SMILES string of the molecule is O=S(=O)(Nc1ncc(Cl)s1)c1cc(Cl)c(NCc2ccc(Cl)cc2N2CCCCC2)cc1F. The first-order valence-electron chi connectivity index (χ1n) is 10.1. The summed E-state index contributed by atoms with van der Waals surface area (Å²) in [4.78, 5) is 5.54. The van der Waals surface area contributed by atoms with Crippen LogP contribution in [0.4, 0.5) is 20.9 Å². The molecule has 0 spiro atoms. The summed E-state index contributed by atoms with van der Waals surface area (Å²) in [5, 5.41) is 3.87. The van der Waals surface area contributed by atoms with Crippen LogP contribution in [0.5, 0.6) is 0 Å². The molecule has 0 amide bonds. The zero-order chi connectivity index (χ0) is 23.6. The number of nitrogens with zero attached hydrogens (tertiary/aromatic N) is 2. The van der Waals surface area contributed by atoms with E-state index in [9.17, 15) is 12.8 Å². The second-order valence-corrected chi connectivity index (χ2v) is 11.7. The van der Waals surface area contributed by atoms with Gasteiger partial charge in [0.05, 0.1) is 16.9 Å². The molecule has 4 rings (SSSR count). The Morgan fingerprint density at radius 3 is 2.55 bits per heavy atom. The predicted octanol–water partition coefficient (Wildman–Crippen LogP) is 6.65. The van der Waals surface area contributed by atoms with Crippen LogP contribution in [0.25, 0.3) is 0 Å². The Morgan fingerprint density at radius 2 is 1.85 bits per heavy atom. The Hall–Kier alpha value is -1.78. The standard InChI is InChI=1S/C21H20Cl3FN4O2S2/c22-14-5-4-13(18(8-14)29-6-2-1-3-7-29)11-26-17-10-16(25)19(9-15(17)23)33(30,31)28-21-27-12-20(24)32-21/h4-5,8-10,12,26H,1-3,6-7,11H2,(H,27,28). The fraction of sp³-hybridized carbons (Fsp3) is 0.286. The Balaban J connectivity index is 1.54. The van der Waals surface area contributed by atoms with Crippen molar-refractivity contribution in [2.45, 2.75) is 30.7 Å². The number of nitrogens with one attached hydrogen (secondary N) is 2. The quantitative estimate of drug-likeness (QED) is 0.345. The van der Waals surface area contributed by atoms with E-state index in [-0.39, 0.29) is 15.8 Å². The summed E-state index contributed by atoms with van der Waals surface area (Å²) in [6.45, 7) is 2.27.